The lowest BCUT2D eigenvalue weighted by atomic mass is 9.81. The van der Waals surface area contributed by atoms with Crippen LogP contribution in [0.25, 0.3) is 0 Å². The summed E-state index contributed by atoms with van der Waals surface area (Å²) >= 11 is 0. The van der Waals surface area contributed by atoms with Crippen molar-refractivity contribution in [3.8, 4) is 11.5 Å². The SMILES string of the molecule is CNCC1CCCCCC1c1c(OC)cccc1OC. The Morgan fingerprint density at radius 2 is 1.70 bits per heavy atom. The van der Waals surface area contributed by atoms with Gasteiger partial charge < -0.3 is 14.8 Å². The highest BCUT2D eigenvalue weighted by atomic mass is 16.5. The Balaban J connectivity index is 2.39. The van der Waals surface area contributed by atoms with Crippen molar-refractivity contribution in [1.29, 1.82) is 0 Å². The molecule has 2 unspecified atom stereocenters. The van der Waals surface area contributed by atoms with Gasteiger partial charge in [-0.15, -0.1) is 0 Å². The molecule has 20 heavy (non-hydrogen) atoms. The molecule has 0 aliphatic heterocycles. The van der Waals surface area contributed by atoms with E-state index in [1.807, 2.05) is 13.1 Å². The number of hydrogen-bond donors (Lipinski definition) is 1. The molecule has 3 nitrogen and oxygen atoms in total. The first-order valence-electron chi connectivity index (χ1n) is 7.67. The summed E-state index contributed by atoms with van der Waals surface area (Å²) in [6, 6.07) is 6.11. The standard InChI is InChI=1S/C17H27NO2/c1-18-12-13-8-5-4-6-9-14(13)17-15(19-2)10-7-11-16(17)20-3/h7,10-11,13-14,18H,4-6,8-9,12H2,1-3H3. The van der Waals surface area contributed by atoms with Crippen molar-refractivity contribution in [2.24, 2.45) is 5.92 Å². The van der Waals surface area contributed by atoms with Crippen molar-refractivity contribution >= 4 is 0 Å². The summed E-state index contributed by atoms with van der Waals surface area (Å²) in [5.74, 6) is 3.12. The second-order valence-electron chi connectivity index (χ2n) is 5.64. The molecule has 0 amide bonds. The van der Waals surface area contributed by atoms with E-state index >= 15 is 0 Å². The zero-order chi connectivity index (χ0) is 14.4. The van der Waals surface area contributed by atoms with Gasteiger partial charge in [0.05, 0.1) is 14.2 Å². The topological polar surface area (TPSA) is 30.5 Å². The summed E-state index contributed by atoms with van der Waals surface area (Å²) in [7, 11) is 5.55. The van der Waals surface area contributed by atoms with E-state index in [1.54, 1.807) is 14.2 Å². The normalized spacial score (nSPS) is 23.1. The zero-order valence-electron chi connectivity index (χ0n) is 12.9. The molecule has 1 saturated carbocycles. The molecule has 0 saturated heterocycles. The van der Waals surface area contributed by atoms with Gasteiger partial charge in [-0.3, -0.25) is 0 Å². The van der Waals surface area contributed by atoms with E-state index in [-0.39, 0.29) is 0 Å². The summed E-state index contributed by atoms with van der Waals surface area (Å²) in [5.41, 5.74) is 1.26. The van der Waals surface area contributed by atoms with Crippen molar-refractivity contribution in [3.63, 3.8) is 0 Å². The van der Waals surface area contributed by atoms with Gasteiger partial charge in [0.25, 0.3) is 0 Å². The fourth-order valence-corrected chi connectivity index (χ4v) is 3.52. The van der Waals surface area contributed by atoms with Gasteiger partial charge in [0.15, 0.2) is 0 Å². The van der Waals surface area contributed by atoms with Crippen LogP contribution in [-0.2, 0) is 0 Å². The molecule has 2 rings (SSSR count). The molecular formula is C17H27NO2. The fourth-order valence-electron chi connectivity index (χ4n) is 3.52. The number of benzene rings is 1. The second kappa shape index (κ2) is 7.53. The molecule has 0 aromatic heterocycles. The molecule has 0 radical (unpaired) electrons. The first-order valence-corrected chi connectivity index (χ1v) is 7.67. The Bertz CT molecular complexity index is 397. The third-order valence-electron chi connectivity index (χ3n) is 4.46. The third-order valence-corrected chi connectivity index (χ3v) is 4.46. The van der Waals surface area contributed by atoms with Crippen LogP contribution in [0.4, 0.5) is 0 Å². The van der Waals surface area contributed by atoms with E-state index in [0.717, 1.165) is 18.0 Å². The molecule has 1 aromatic carbocycles. The smallest absolute Gasteiger partial charge is 0.126 e. The minimum atomic E-state index is 0.524. The minimum Gasteiger partial charge on any atom is -0.496 e. The second-order valence-corrected chi connectivity index (χ2v) is 5.64. The van der Waals surface area contributed by atoms with E-state index in [0.29, 0.717) is 11.8 Å². The molecule has 112 valence electrons. The lowest BCUT2D eigenvalue weighted by Crippen LogP contribution is -2.24. The average molecular weight is 277 g/mol. The van der Waals surface area contributed by atoms with Crippen molar-refractivity contribution in [3.05, 3.63) is 23.8 Å². The van der Waals surface area contributed by atoms with Gasteiger partial charge in [0, 0.05) is 5.56 Å². The summed E-state index contributed by atoms with van der Waals surface area (Å²) in [6.45, 7) is 1.06. The van der Waals surface area contributed by atoms with Gasteiger partial charge in [-0.25, -0.2) is 0 Å². The number of nitrogens with one attached hydrogen (secondary N) is 1. The Kier molecular flexibility index (Phi) is 5.72. The molecule has 0 heterocycles. The monoisotopic (exact) mass is 277 g/mol. The number of ether oxygens (including phenoxy) is 2. The lowest BCUT2D eigenvalue weighted by molar-refractivity contribution is 0.339. The fraction of sp³-hybridized carbons (Fsp3) is 0.647. The first-order chi connectivity index (χ1) is 9.81. The van der Waals surface area contributed by atoms with Crippen molar-refractivity contribution < 1.29 is 9.47 Å². The molecule has 1 fully saturated rings. The van der Waals surface area contributed by atoms with Crippen molar-refractivity contribution in [2.75, 3.05) is 27.8 Å². The zero-order valence-corrected chi connectivity index (χ0v) is 12.9. The molecule has 3 heteroatoms. The van der Waals surface area contributed by atoms with E-state index < -0.39 is 0 Å². The van der Waals surface area contributed by atoms with E-state index in [1.165, 1.54) is 37.7 Å². The van der Waals surface area contributed by atoms with Gasteiger partial charge in [0.1, 0.15) is 11.5 Å². The van der Waals surface area contributed by atoms with E-state index in [4.69, 9.17) is 9.47 Å². The van der Waals surface area contributed by atoms with Crippen LogP contribution < -0.4 is 14.8 Å². The Morgan fingerprint density at radius 3 is 2.30 bits per heavy atom. The highest BCUT2D eigenvalue weighted by molar-refractivity contribution is 5.47. The van der Waals surface area contributed by atoms with Crippen LogP contribution in [0.15, 0.2) is 18.2 Å². The number of methoxy groups -OCH3 is 2. The van der Waals surface area contributed by atoms with Gasteiger partial charge in [-0.2, -0.15) is 0 Å². The average Bonchev–Trinajstić information content (AvgIpc) is 2.72. The highest BCUT2D eigenvalue weighted by Gasteiger charge is 2.29. The molecule has 1 aromatic rings. The van der Waals surface area contributed by atoms with Gasteiger partial charge in [-0.1, -0.05) is 25.3 Å². The molecule has 2 atom stereocenters. The predicted molar refractivity (Wildman–Crippen MR) is 82.8 cm³/mol. The quantitative estimate of drug-likeness (QED) is 0.834. The largest absolute Gasteiger partial charge is 0.496 e. The first kappa shape index (κ1) is 15.2. The van der Waals surface area contributed by atoms with Crippen LogP contribution in [-0.4, -0.2) is 27.8 Å². The lowest BCUT2D eigenvalue weighted by Gasteiger charge is -2.28. The van der Waals surface area contributed by atoms with Crippen LogP contribution in [0.5, 0.6) is 11.5 Å². The van der Waals surface area contributed by atoms with Gasteiger partial charge in [-0.05, 0) is 50.4 Å². The predicted octanol–water partition coefficient (Wildman–Crippen LogP) is 3.59. The Hall–Kier alpha value is -1.22. The summed E-state index contributed by atoms with van der Waals surface area (Å²) in [4.78, 5) is 0. The van der Waals surface area contributed by atoms with Crippen LogP contribution >= 0.6 is 0 Å². The summed E-state index contributed by atoms with van der Waals surface area (Å²) in [6.07, 6.45) is 6.48. The van der Waals surface area contributed by atoms with Crippen LogP contribution in [0, 0.1) is 5.92 Å². The summed E-state index contributed by atoms with van der Waals surface area (Å²) in [5, 5.41) is 3.36. The van der Waals surface area contributed by atoms with Crippen LogP contribution in [0.1, 0.15) is 43.6 Å². The van der Waals surface area contributed by atoms with Crippen LogP contribution in [0.2, 0.25) is 0 Å². The van der Waals surface area contributed by atoms with E-state index in [2.05, 4.69) is 17.4 Å². The maximum atomic E-state index is 5.61. The number of rotatable bonds is 5. The molecule has 1 N–H and O–H groups in total. The molecule has 0 bridgehead atoms. The van der Waals surface area contributed by atoms with Gasteiger partial charge >= 0.3 is 0 Å². The maximum Gasteiger partial charge on any atom is 0.126 e. The molecule has 1 aliphatic carbocycles. The van der Waals surface area contributed by atoms with Crippen molar-refractivity contribution in [2.45, 2.75) is 38.0 Å². The minimum absolute atomic E-state index is 0.524. The van der Waals surface area contributed by atoms with Gasteiger partial charge in [0.2, 0.25) is 0 Å². The van der Waals surface area contributed by atoms with E-state index in [9.17, 15) is 0 Å². The Labute approximate surface area is 122 Å². The highest BCUT2D eigenvalue weighted by Crippen LogP contribution is 2.44. The summed E-state index contributed by atoms with van der Waals surface area (Å²) < 4.78 is 11.2. The van der Waals surface area contributed by atoms with Crippen LogP contribution in [0.3, 0.4) is 0 Å². The maximum absolute atomic E-state index is 5.61. The third kappa shape index (κ3) is 3.26. The molecule has 1 aliphatic rings. The van der Waals surface area contributed by atoms with Crippen molar-refractivity contribution in [1.82, 2.24) is 5.32 Å². The molecular weight excluding hydrogens is 250 g/mol. The number of hydrogen-bond acceptors (Lipinski definition) is 3. The Morgan fingerprint density at radius 1 is 1.05 bits per heavy atom. The molecule has 0 spiro atoms.